The molecule has 3 rings (SSSR count). The molecule has 0 aliphatic rings. The van der Waals surface area contributed by atoms with E-state index in [-0.39, 0.29) is 12.4 Å². The van der Waals surface area contributed by atoms with Crippen LogP contribution in [0.5, 0.6) is 5.75 Å². The number of rotatable bonds is 5. The van der Waals surface area contributed by atoms with Crippen LogP contribution in [0.3, 0.4) is 0 Å². The molecule has 1 N–H and O–H groups in total. The predicted octanol–water partition coefficient (Wildman–Crippen LogP) is 1.82. The van der Waals surface area contributed by atoms with Crippen LogP contribution in [0, 0.1) is 5.82 Å². The van der Waals surface area contributed by atoms with Gasteiger partial charge in [0.25, 0.3) is 11.9 Å². The predicted molar refractivity (Wildman–Crippen MR) is 79.7 cm³/mol. The van der Waals surface area contributed by atoms with Crippen LogP contribution in [-0.4, -0.2) is 32.3 Å². The molecule has 1 aromatic carbocycles. The number of carbonyl (C=O) groups is 1. The van der Waals surface area contributed by atoms with Gasteiger partial charge in [-0.15, -0.1) is 0 Å². The Balaban J connectivity index is 1.57. The fourth-order valence-corrected chi connectivity index (χ4v) is 1.79. The second kappa shape index (κ2) is 6.65. The largest absolute Gasteiger partial charge is 0.481 e. The van der Waals surface area contributed by atoms with Gasteiger partial charge in [-0.2, -0.15) is 5.10 Å². The molecular weight excluding hydrogens is 301 g/mol. The summed E-state index contributed by atoms with van der Waals surface area (Å²) in [6.07, 6.45) is 6.21. The number of amides is 1. The highest BCUT2D eigenvalue weighted by molar-refractivity contribution is 5.91. The van der Waals surface area contributed by atoms with Crippen LogP contribution in [0.2, 0.25) is 0 Å². The summed E-state index contributed by atoms with van der Waals surface area (Å²) in [5.41, 5.74) is 0.406. The molecule has 8 heteroatoms. The second-order valence-electron chi connectivity index (χ2n) is 4.49. The Kier molecular flexibility index (Phi) is 4.23. The number of nitrogens with zero attached hydrogens (tertiary/aromatic N) is 4. The molecule has 0 saturated carbocycles. The molecule has 0 radical (unpaired) electrons. The summed E-state index contributed by atoms with van der Waals surface area (Å²) in [6, 6.07) is 7.62. The van der Waals surface area contributed by atoms with Crippen molar-refractivity contribution in [3.05, 3.63) is 60.9 Å². The van der Waals surface area contributed by atoms with E-state index in [2.05, 4.69) is 20.4 Å². The van der Waals surface area contributed by atoms with Crippen LogP contribution in [0.1, 0.15) is 0 Å². The van der Waals surface area contributed by atoms with E-state index in [1.807, 2.05) is 0 Å². The van der Waals surface area contributed by atoms with Gasteiger partial charge >= 0.3 is 0 Å². The van der Waals surface area contributed by atoms with Crippen molar-refractivity contribution < 1.29 is 13.9 Å². The lowest BCUT2D eigenvalue weighted by Gasteiger charge is -2.08. The zero-order valence-electron chi connectivity index (χ0n) is 11.9. The second-order valence-corrected chi connectivity index (χ2v) is 4.49. The van der Waals surface area contributed by atoms with E-state index in [0.29, 0.717) is 11.6 Å². The van der Waals surface area contributed by atoms with Crippen molar-refractivity contribution >= 4 is 11.6 Å². The molecule has 2 aromatic heterocycles. The Labute approximate surface area is 130 Å². The first-order valence-electron chi connectivity index (χ1n) is 6.71. The van der Waals surface area contributed by atoms with E-state index in [9.17, 15) is 9.18 Å². The van der Waals surface area contributed by atoms with Gasteiger partial charge in [0.1, 0.15) is 0 Å². The molecule has 23 heavy (non-hydrogen) atoms. The Bertz CT molecular complexity index is 790. The van der Waals surface area contributed by atoms with Crippen LogP contribution in [0.25, 0.3) is 5.95 Å². The summed E-state index contributed by atoms with van der Waals surface area (Å²) in [4.78, 5) is 19.9. The van der Waals surface area contributed by atoms with Gasteiger partial charge in [-0.05, 0) is 18.2 Å². The van der Waals surface area contributed by atoms with Crippen molar-refractivity contribution in [3.63, 3.8) is 0 Å². The molecule has 0 unspecified atom stereocenters. The van der Waals surface area contributed by atoms with Gasteiger partial charge in [-0.1, -0.05) is 12.1 Å². The molecule has 116 valence electrons. The van der Waals surface area contributed by atoms with Gasteiger partial charge in [-0.3, -0.25) is 4.79 Å². The summed E-state index contributed by atoms with van der Waals surface area (Å²) in [6.45, 7) is -0.318. The third-order valence-electron chi connectivity index (χ3n) is 2.83. The van der Waals surface area contributed by atoms with Crippen LogP contribution >= 0.6 is 0 Å². The van der Waals surface area contributed by atoms with E-state index in [1.54, 1.807) is 30.6 Å². The number of carbonyl (C=O) groups excluding carboxylic acids is 1. The maximum absolute atomic E-state index is 13.4. The standard InChI is InChI=1S/C15H12FN5O2/c16-12-4-1-2-5-13(12)23-10-14(22)20-11-8-17-15(18-9-11)21-7-3-6-19-21/h1-9H,10H2,(H,20,22). The summed E-state index contributed by atoms with van der Waals surface area (Å²) < 4.78 is 20.0. The number of hydrogen-bond donors (Lipinski definition) is 1. The first kappa shape index (κ1) is 14.6. The Morgan fingerprint density at radius 3 is 2.70 bits per heavy atom. The lowest BCUT2D eigenvalue weighted by molar-refractivity contribution is -0.118. The number of ether oxygens (including phenoxy) is 1. The van der Waals surface area contributed by atoms with Crippen molar-refractivity contribution in [2.45, 2.75) is 0 Å². The average Bonchev–Trinajstić information content (AvgIpc) is 3.09. The van der Waals surface area contributed by atoms with Crippen molar-refractivity contribution in [1.82, 2.24) is 19.7 Å². The van der Waals surface area contributed by atoms with Crippen LogP contribution < -0.4 is 10.1 Å². The minimum Gasteiger partial charge on any atom is -0.481 e. The minimum atomic E-state index is -0.521. The summed E-state index contributed by atoms with van der Waals surface area (Å²) in [5.74, 6) is -0.556. The zero-order valence-corrected chi connectivity index (χ0v) is 11.9. The van der Waals surface area contributed by atoms with Crippen LogP contribution in [0.15, 0.2) is 55.1 Å². The number of halogens is 1. The molecular formula is C15H12FN5O2. The number of nitrogens with one attached hydrogen (secondary N) is 1. The number of para-hydroxylation sites is 1. The fourth-order valence-electron chi connectivity index (χ4n) is 1.79. The van der Waals surface area contributed by atoms with Crippen molar-refractivity contribution in [3.8, 4) is 11.7 Å². The molecule has 0 aliphatic heterocycles. The molecule has 3 aromatic rings. The fraction of sp³-hybridized carbons (Fsp3) is 0.0667. The summed E-state index contributed by atoms with van der Waals surface area (Å²) in [5, 5.41) is 6.56. The van der Waals surface area contributed by atoms with Gasteiger partial charge in [-0.25, -0.2) is 19.0 Å². The molecule has 0 fully saturated rings. The molecule has 7 nitrogen and oxygen atoms in total. The van der Waals surface area contributed by atoms with Crippen LogP contribution in [-0.2, 0) is 4.79 Å². The number of aromatic nitrogens is 4. The topological polar surface area (TPSA) is 81.9 Å². The quantitative estimate of drug-likeness (QED) is 0.777. The highest BCUT2D eigenvalue weighted by Gasteiger charge is 2.08. The Morgan fingerprint density at radius 2 is 2.00 bits per heavy atom. The van der Waals surface area contributed by atoms with Gasteiger partial charge < -0.3 is 10.1 Å². The number of hydrogen-bond acceptors (Lipinski definition) is 5. The Morgan fingerprint density at radius 1 is 1.22 bits per heavy atom. The van der Waals surface area contributed by atoms with Crippen molar-refractivity contribution in [1.29, 1.82) is 0 Å². The SMILES string of the molecule is O=C(COc1ccccc1F)Nc1cnc(-n2cccn2)nc1. The maximum Gasteiger partial charge on any atom is 0.262 e. The van der Waals surface area contributed by atoms with Crippen molar-refractivity contribution in [2.24, 2.45) is 0 Å². The normalized spacial score (nSPS) is 10.3. The lowest BCUT2D eigenvalue weighted by atomic mass is 10.3. The van der Waals surface area contributed by atoms with Gasteiger partial charge in [0, 0.05) is 12.4 Å². The zero-order chi connectivity index (χ0) is 16.1. The van der Waals surface area contributed by atoms with E-state index >= 15 is 0 Å². The molecule has 0 bridgehead atoms. The highest BCUT2D eigenvalue weighted by Crippen LogP contribution is 2.15. The first-order valence-corrected chi connectivity index (χ1v) is 6.71. The summed E-state index contributed by atoms with van der Waals surface area (Å²) in [7, 11) is 0. The van der Waals surface area contributed by atoms with Gasteiger partial charge in [0.05, 0.1) is 18.1 Å². The van der Waals surface area contributed by atoms with Crippen LogP contribution in [0.4, 0.5) is 10.1 Å². The molecule has 0 spiro atoms. The molecule has 1 amide bonds. The van der Waals surface area contributed by atoms with Crippen molar-refractivity contribution in [2.75, 3.05) is 11.9 Å². The molecule has 0 atom stereocenters. The van der Waals surface area contributed by atoms with E-state index in [0.717, 1.165) is 0 Å². The summed E-state index contributed by atoms with van der Waals surface area (Å²) >= 11 is 0. The molecule has 2 heterocycles. The van der Waals surface area contributed by atoms with Gasteiger partial charge in [0.2, 0.25) is 0 Å². The monoisotopic (exact) mass is 313 g/mol. The smallest absolute Gasteiger partial charge is 0.262 e. The van der Waals surface area contributed by atoms with E-state index < -0.39 is 11.7 Å². The average molecular weight is 313 g/mol. The Hall–Kier alpha value is -3.29. The third-order valence-corrected chi connectivity index (χ3v) is 2.83. The van der Waals surface area contributed by atoms with Gasteiger partial charge in [0.15, 0.2) is 18.2 Å². The molecule has 0 saturated heterocycles. The lowest BCUT2D eigenvalue weighted by Crippen LogP contribution is -2.20. The maximum atomic E-state index is 13.4. The minimum absolute atomic E-state index is 0.0212. The van der Waals surface area contributed by atoms with E-state index in [1.165, 1.54) is 29.2 Å². The number of benzene rings is 1. The number of anilines is 1. The van der Waals surface area contributed by atoms with E-state index in [4.69, 9.17) is 4.74 Å². The third kappa shape index (κ3) is 3.67. The first-order chi connectivity index (χ1) is 11.2. The molecule has 0 aliphatic carbocycles. The highest BCUT2D eigenvalue weighted by atomic mass is 19.1.